The number of hydrogen-bond acceptors (Lipinski definition) is 5. The van der Waals surface area contributed by atoms with Gasteiger partial charge in [-0.3, -0.25) is 14.5 Å². The number of amides is 1. The molecule has 31 heavy (non-hydrogen) atoms. The Morgan fingerprint density at radius 3 is 2.52 bits per heavy atom. The van der Waals surface area contributed by atoms with Gasteiger partial charge < -0.3 is 9.80 Å². The number of fused-ring (bicyclic) bond motifs is 1. The number of nitrogens with zero attached hydrogens (tertiary/aromatic N) is 4. The van der Waals surface area contributed by atoms with Crippen LogP contribution in [0.3, 0.4) is 0 Å². The van der Waals surface area contributed by atoms with Crippen molar-refractivity contribution in [1.82, 2.24) is 14.7 Å². The number of likely N-dealkylation sites (tertiary alicyclic amines) is 1. The Hall–Kier alpha value is -2.99. The predicted octanol–water partition coefficient (Wildman–Crippen LogP) is 2.54. The van der Waals surface area contributed by atoms with Crippen LogP contribution >= 0.6 is 0 Å². The van der Waals surface area contributed by atoms with Gasteiger partial charge in [0.25, 0.3) is 5.91 Å². The number of aliphatic imine (C=N–C) groups is 1. The molecule has 0 aliphatic carbocycles. The maximum absolute atomic E-state index is 12.7. The summed E-state index contributed by atoms with van der Waals surface area (Å²) in [5, 5.41) is 0. The molecule has 2 aromatic carbocycles. The van der Waals surface area contributed by atoms with Crippen molar-refractivity contribution in [3.63, 3.8) is 0 Å². The third-order valence-corrected chi connectivity index (χ3v) is 6.63. The fourth-order valence-electron chi connectivity index (χ4n) is 4.73. The molecule has 0 N–H and O–H groups in total. The van der Waals surface area contributed by atoms with E-state index in [1.165, 1.54) is 5.56 Å². The van der Waals surface area contributed by atoms with E-state index in [0.29, 0.717) is 25.4 Å². The number of carbonyl (C=O) groups is 2. The highest BCUT2D eigenvalue weighted by atomic mass is 16.2. The number of benzene rings is 2. The number of rotatable bonds is 3. The van der Waals surface area contributed by atoms with Crippen molar-refractivity contribution in [2.45, 2.75) is 13.3 Å². The lowest BCUT2D eigenvalue weighted by Gasteiger charge is -2.35. The molecule has 0 bridgehead atoms. The van der Waals surface area contributed by atoms with Gasteiger partial charge in [0, 0.05) is 57.2 Å². The number of Topliss-reactive ketones (excluding diaryl/α,β-unsaturated/α-hetero) is 1. The molecule has 2 aromatic rings. The molecule has 2 fully saturated rings. The Labute approximate surface area is 183 Å². The Morgan fingerprint density at radius 1 is 1.03 bits per heavy atom. The molecule has 1 amide bonds. The molecule has 6 heteroatoms. The summed E-state index contributed by atoms with van der Waals surface area (Å²) in [4.78, 5) is 36.6. The summed E-state index contributed by atoms with van der Waals surface area (Å²) in [6, 6.07) is 16.0. The van der Waals surface area contributed by atoms with Crippen LogP contribution in [-0.2, 0) is 11.2 Å². The van der Waals surface area contributed by atoms with E-state index in [4.69, 9.17) is 4.99 Å². The number of carbonyl (C=O) groups excluding carboxylic acids is 2. The average molecular weight is 417 g/mol. The predicted molar refractivity (Wildman–Crippen MR) is 121 cm³/mol. The van der Waals surface area contributed by atoms with Gasteiger partial charge in [-0.05, 0) is 30.7 Å². The molecule has 3 aliphatic rings. The fraction of sp³-hybridized carbons (Fsp3) is 0.400. The van der Waals surface area contributed by atoms with E-state index in [-0.39, 0.29) is 11.8 Å². The molecule has 3 heterocycles. The number of aryl methyl sites for hydroxylation is 1. The van der Waals surface area contributed by atoms with Crippen molar-refractivity contribution in [3.8, 4) is 0 Å². The van der Waals surface area contributed by atoms with E-state index in [2.05, 4.69) is 15.9 Å². The highest BCUT2D eigenvalue weighted by Crippen LogP contribution is 2.29. The standard InChI is InChI=1S/C25H28N4O2/c1-18-6-8-19(9-7-18)25(31)28-12-10-27(11-13-28)15-21-16-29(17-23(21)30)24-14-20-4-2-3-5-22(20)26-24/h2-9,21H,10-17H2,1H3. The van der Waals surface area contributed by atoms with Crippen LogP contribution in [-0.4, -0.2) is 78.0 Å². The van der Waals surface area contributed by atoms with Gasteiger partial charge in [0.2, 0.25) is 0 Å². The van der Waals surface area contributed by atoms with Gasteiger partial charge in [-0.2, -0.15) is 0 Å². The minimum Gasteiger partial charge on any atom is -0.352 e. The molecule has 0 spiro atoms. The van der Waals surface area contributed by atoms with Crippen molar-refractivity contribution in [1.29, 1.82) is 0 Å². The van der Waals surface area contributed by atoms with E-state index >= 15 is 0 Å². The van der Waals surface area contributed by atoms with Crippen LogP contribution in [0.1, 0.15) is 21.5 Å². The Morgan fingerprint density at radius 2 is 1.77 bits per heavy atom. The van der Waals surface area contributed by atoms with Gasteiger partial charge in [0.05, 0.1) is 12.2 Å². The first-order chi connectivity index (χ1) is 15.1. The van der Waals surface area contributed by atoms with Gasteiger partial charge in [-0.25, -0.2) is 4.99 Å². The Bertz CT molecular complexity index is 1020. The first-order valence-electron chi connectivity index (χ1n) is 11.1. The summed E-state index contributed by atoms with van der Waals surface area (Å²) in [7, 11) is 0. The molecule has 6 nitrogen and oxygen atoms in total. The van der Waals surface area contributed by atoms with Gasteiger partial charge >= 0.3 is 0 Å². The molecular weight excluding hydrogens is 388 g/mol. The van der Waals surface area contributed by atoms with Gasteiger partial charge in [0.15, 0.2) is 5.78 Å². The van der Waals surface area contributed by atoms with Crippen LogP contribution in [0.15, 0.2) is 53.5 Å². The van der Waals surface area contributed by atoms with Crippen LogP contribution < -0.4 is 0 Å². The molecule has 1 atom stereocenters. The second-order valence-electron chi connectivity index (χ2n) is 8.84. The van der Waals surface area contributed by atoms with Crippen molar-refractivity contribution in [3.05, 3.63) is 65.2 Å². The Kier molecular flexibility index (Phi) is 5.32. The van der Waals surface area contributed by atoms with Crippen molar-refractivity contribution >= 4 is 23.2 Å². The third-order valence-electron chi connectivity index (χ3n) is 6.63. The monoisotopic (exact) mass is 416 g/mol. The van der Waals surface area contributed by atoms with E-state index in [0.717, 1.165) is 55.2 Å². The molecule has 5 rings (SSSR count). The molecule has 160 valence electrons. The molecule has 0 radical (unpaired) electrons. The number of piperazine rings is 1. The lowest BCUT2D eigenvalue weighted by molar-refractivity contribution is -0.120. The van der Waals surface area contributed by atoms with Crippen molar-refractivity contribution < 1.29 is 9.59 Å². The van der Waals surface area contributed by atoms with Gasteiger partial charge in [-0.1, -0.05) is 35.9 Å². The van der Waals surface area contributed by atoms with E-state index in [9.17, 15) is 9.59 Å². The van der Waals surface area contributed by atoms with Crippen LogP contribution in [0.4, 0.5) is 5.69 Å². The third kappa shape index (κ3) is 4.12. The molecule has 3 aliphatic heterocycles. The summed E-state index contributed by atoms with van der Waals surface area (Å²) in [6.45, 7) is 7.04. The van der Waals surface area contributed by atoms with Crippen LogP contribution in [0.25, 0.3) is 0 Å². The van der Waals surface area contributed by atoms with Crippen LogP contribution in [0.2, 0.25) is 0 Å². The van der Waals surface area contributed by atoms with Crippen molar-refractivity contribution in [2.24, 2.45) is 10.9 Å². The topological polar surface area (TPSA) is 56.2 Å². The largest absolute Gasteiger partial charge is 0.352 e. The van der Waals surface area contributed by atoms with Crippen molar-refractivity contribution in [2.75, 3.05) is 45.8 Å². The van der Waals surface area contributed by atoms with Crippen LogP contribution in [0, 0.1) is 12.8 Å². The zero-order valence-corrected chi connectivity index (χ0v) is 18.0. The SMILES string of the molecule is Cc1ccc(C(=O)N2CCN(CC3CN(C4=Nc5ccccc5C4)CC3=O)CC2)cc1. The molecular formula is C25H28N4O2. The zero-order valence-electron chi connectivity index (χ0n) is 18.0. The summed E-state index contributed by atoms with van der Waals surface area (Å²) < 4.78 is 0. The molecule has 0 aromatic heterocycles. The average Bonchev–Trinajstić information content (AvgIpc) is 3.38. The first kappa shape index (κ1) is 19.9. The fourth-order valence-corrected chi connectivity index (χ4v) is 4.73. The van der Waals surface area contributed by atoms with Crippen LogP contribution in [0.5, 0.6) is 0 Å². The second kappa shape index (κ2) is 8.27. The smallest absolute Gasteiger partial charge is 0.253 e. The van der Waals surface area contributed by atoms with Gasteiger partial charge in [0.1, 0.15) is 5.84 Å². The molecule has 1 unspecified atom stereocenters. The number of ketones is 1. The summed E-state index contributed by atoms with van der Waals surface area (Å²) in [5.41, 5.74) is 4.17. The quantitative estimate of drug-likeness (QED) is 0.772. The zero-order chi connectivity index (χ0) is 21.4. The van der Waals surface area contributed by atoms with E-state index < -0.39 is 0 Å². The Balaban J connectivity index is 1.14. The van der Waals surface area contributed by atoms with Gasteiger partial charge in [-0.15, -0.1) is 0 Å². The highest BCUT2D eigenvalue weighted by Gasteiger charge is 2.35. The normalized spacial score (nSPS) is 21.4. The van der Waals surface area contributed by atoms with E-state index in [1.807, 2.05) is 54.3 Å². The second-order valence-corrected chi connectivity index (χ2v) is 8.84. The van der Waals surface area contributed by atoms with E-state index in [1.54, 1.807) is 0 Å². The molecule has 2 saturated heterocycles. The number of hydrogen-bond donors (Lipinski definition) is 0. The maximum Gasteiger partial charge on any atom is 0.253 e. The number of para-hydroxylation sites is 1. The minimum absolute atomic E-state index is 0.0192. The lowest BCUT2D eigenvalue weighted by atomic mass is 10.1. The molecule has 0 saturated carbocycles. The maximum atomic E-state index is 12.7. The summed E-state index contributed by atoms with van der Waals surface area (Å²) in [6.07, 6.45) is 0.815. The number of amidine groups is 1. The first-order valence-corrected chi connectivity index (χ1v) is 11.1. The lowest BCUT2D eigenvalue weighted by Crippen LogP contribution is -2.50. The summed E-state index contributed by atoms with van der Waals surface area (Å²) >= 11 is 0. The minimum atomic E-state index is 0.0192. The highest BCUT2D eigenvalue weighted by molar-refractivity contribution is 5.97. The summed E-state index contributed by atoms with van der Waals surface area (Å²) in [5.74, 6) is 1.44.